The maximum absolute atomic E-state index is 12.8. The summed E-state index contributed by atoms with van der Waals surface area (Å²) in [6, 6.07) is 6.35. The van der Waals surface area contributed by atoms with Crippen LogP contribution in [0.15, 0.2) is 24.3 Å². The van der Waals surface area contributed by atoms with Crippen LogP contribution in [0.1, 0.15) is 45.1 Å². The molecule has 6 nitrogen and oxygen atoms in total. The van der Waals surface area contributed by atoms with E-state index < -0.39 is 10.3 Å². The van der Waals surface area contributed by atoms with Gasteiger partial charge in [-0.3, -0.25) is 14.9 Å². The van der Waals surface area contributed by atoms with Gasteiger partial charge in [0.25, 0.3) is 5.69 Å². The van der Waals surface area contributed by atoms with Crippen molar-refractivity contribution in [1.29, 1.82) is 0 Å². The standard InChI is InChI=1S/C18H26N2O4.ClH/c1-3-19(4-2)13-14-24-17(21)18(11-5-6-12-18)15-7-9-16(10-8-15)20(22)23;/h7-10H,3-6,11-14H2,1-2H3;1H/p-1. The summed E-state index contributed by atoms with van der Waals surface area (Å²) in [5.74, 6) is -0.194. The number of benzene rings is 1. The van der Waals surface area contributed by atoms with Crippen molar-refractivity contribution in [2.75, 3.05) is 26.2 Å². The van der Waals surface area contributed by atoms with E-state index in [9.17, 15) is 14.9 Å². The topological polar surface area (TPSA) is 72.7 Å². The van der Waals surface area contributed by atoms with Crippen LogP contribution >= 0.6 is 0 Å². The summed E-state index contributed by atoms with van der Waals surface area (Å²) in [7, 11) is 0. The Labute approximate surface area is 155 Å². The molecule has 0 aliphatic heterocycles. The van der Waals surface area contributed by atoms with Gasteiger partial charge in [0.1, 0.15) is 6.61 Å². The van der Waals surface area contributed by atoms with E-state index in [4.69, 9.17) is 4.74 Å². The van der Waals surface area contributed by atoms with Crippen LogP contribution in [-0.2, 0) is 14.9 Å². The molecule has 2 rings (SSSR count). The largest absolute Gasteiger partial charge is 1.00 e. The Hall–Kier alpha value is -1.66. The minimum Gasteiger partial charge on any atom is -1.00 e. The van der Waals surface area contributed by atoms with Crippen LogP contribution in [0.4, 0.5) is 5.69 Å². The Morgan fingerprint density at radius 2 is 1.76 bits per heavy atom. The highest BCUT2D eigenvalue weighted by atomic mass is 35.5. The van der Waals surface area contributed by atoms with Crippen molar-refractivity contribution < 1.29 is 26.9 Å². The normalized spacial score (nSPS) is 15.6. The first-order chi connectivity index (χ1) is 11.5. The zero-order valence-electron chi connectivity index (χ0n) is 14.9. The fourth-order valence-electron chi connectivity index (χ4n) is 3.44. The van der Waals surface area contributed by atoms with Crippen molar-refractivity contribution >= 4 is 11.7 Å². The lowest BCUT2D eigenvalue weighted by Crippen LogP contribution is -3.00. The highest BCUT2D eigenvalue weighted by Crippen LogP contribution is 2.42. The number of nitro benzene ring substituents is 1. The molecule has 140 valence electrons. The summed E-state index contributed by atoms with van der Waals surface area (Å²) < 4.78 is 5.58. The summed E-state index contributed by atoms with van der Waals surface area (Å²) in [4.78, 5) is 25.4. The molecule has 0 radical (unpaired) electrons. The molecule has 25 heavy (non-hydrogen) atoms. The molecule has 0 N–H and O–H groups in total. The number of nitrogens with zero attached hydrogens (tertiary/aromatic N) is 2. The number of rotatable bonds is 8. The number of halogens is 1. The van der Waals surface area contributed by atoms with Crippen LogP contribution in [0, 0.1) is 10.1 Å². The van der Waals surface area contributed by atoms with E-state index >= 15 is 0 Å². The van der Waals surface area contributed by atoms with E-state index in [1.165, 1.54) is 12.1 Å². The maximum atomic E-state index is 12.8. The lowest BCUT2D eigenvalue weighted by atomic mass is 9.79. The second-order valence-corrected chi connectivity index (χ2v) is 6.26. The molecule has 0 unspecified atom stereocenters. The van der Waals surface area contributed by atoms with Crippen molar-refractivity contribution in [2.45, 2.75) is 44.9 Å². The number of carbonyl (C=O) groups is 1. The van der Waals surface area contributed by atoms with Gasteiger partial charge < -0.3 is 22.0 Å². The third kappa shape index (κ3) is 4.92. The van der Waals surface area contributed by atoms with Gasteiger partial charge in [0.15, 0.2) is 0 Å². The fraction of sp³-hybridized carbons (Fsp3) is 0.611. The summed E-state index contributed by atoms with van der Waals surface area (Å²) >= 11 is 0. The number of hydrogen-bond acceptors (Lipinski definition) is 5. The monoisotopic (exact) mass is 369 g/mol. The van der Waals surface area contributed by atoms with E-state index in [0.29, 0.717) is 6.61 Å². The number of non-ortho nitro benzene ring substituents is 1. The Bertz CT molecular complexity index is 567. The van der Waals surface area contributed by atoms with Crippen molar-refractivity contribution in [1.82, 2.24) is 4.90 Å². The first kappa shape index (κ1) is 21.4. The summed E-state index contributed by atoms with van der Waals surface area (Å²) in [6.07, 6.45) is 3.44. The summed E-state index contributed by atoms with van der Waals surface area (Å²) in [5.41, 5.74) is 0.235. The van der Waals surface area contributed by atoms with Gasteiger partial charge in [-0.25, -0.2) is 0 Å². The average molecular weight is 370 g/mol. The molecule has 0 aromatic heterocycles. The molecule has 0 spiro atoms. The number of ether oxygens (including phenoxy) is 1. The van der Waals surface area contributed by atoms with Gasteiger partial charge in [0.2, 0.25) is 0 Å². The fourth-order valence-corrected chi connectivity index (χ4v) is 3.44. The molecule has 7 heteroatoms. The number of nitro groups is 1. The molecule has 1 aliphatic carbocycles. The first-order valence-electron chi connectivity index (χ1n) is 8.68. The van der Waals surface area contributed by atoms with Crippen LogP contribution in [-0.4, -0.2) is 42.0 Å². The van der Waals surface area contributed by atoms with E-state index in [-0.39, 0.29) is 24.1 Å². The molecule has 0 bridgehead atoms. The van der Waals surface area contributed by atoms with Crippen LogP contribution in [0.5, 0.6) is 0 Å². The third-order valence-electron chi connectivity index (χ3n) is 5.01. The Balaban J connectivity index is 0.00000312. The smallest absolute Gasteiger partial charge is 0.316 e. The number of hydrogen-bond donors (Lipinski definition) is 0. The van der Waals surface area contributed by atoms with Crippen LogP contribution in [0.25, 0.3) is 0 Å². The minimum atomic E-state index is -0.640. The highest BCUT2D eigenvalue weighted by Gasteiger charge is 2.44. The lowest BCUT2D eigenvalue weighted by molar-refractivity contribution is -0.384. The zero-order chi connectivity index (χ0) is 17.6. The Morgan fingerprint density at radius 1 is 1.20 bits per heavy atom. The van der Waals surface area contributed by atoms with Gasteiger partial charge in [0.05, 0.1) is 10.3 Å². The minimum absolute atomic E-state index is 0. The number of esters is 1. The molecule has 1 aliphatic rings. The molecule has 1 aromatic carbocycles. The van der Waals surface area contributed by atoms with Crippen LogP contribution < -0.4 is 12.4 Å². The summed E-state index contributed by atoms with van der Waals surface area (Å²) in [5, 5.41) is 10.8. The lowest BCUT2D eigenvalue weighted by Gasteiger charge is -2.28. The maximum Gasteiger partial charge on any atom is 0.316 e. The van der Waals surface area contributed by atoms with Gasteiger partial charge >= 0.3 is 5.97 Å². The van der Waals surface area contributed by atoms with Crippen LogP contribution in [0.3, 0.4) is 0 Å². The second kappa shape index (κ2) is 9.73. The molecule has 1 saturated carbocycles. The van der Waals surface area contributed by atoms with E-state index in [1.54, 1.807) is 12.1 Å². The Morgan fingerprint density at radius 3 is 2.24 bits per heavy atom. The van der Waals surface area contributed by atoms with E-state index in [0.717, 1.165) is 50.9 Å². The predicted octanol–water partition coefficient (Wildman–Crippen LogP) is 0.296. The number of carbonyl (C=O) groups excluding carboxylic acids is 1. The van der Waals surface area contributed by atoms with Gasteiger partial charge in [-0.05, 0) is 31.5 Å². The van der Waals surface area contributed by atoms with E-state index in [2.05, 4.69) is 18.7 Å². The van der Waals surface area contributed by atoms with Crippen molar-refractivity contribution in [3.05, 3.63) is 39.9 Å². The molecular weight excluding hydrogens is 344 g/mol. The highest BCUT2D eigenvalue weighted by molar-refractivity contribution is 5.83. The Kier molecular flexibility index (Phi) is 8.32. The quantitative estimate of drug-likeness (QED) is 0.374. The first-order valence-corrected chi connectivity index (χ1v) is 8.68. The molecule has 0 amide bonds. The number of likely N-dealkylation sites (N-methyl/N-ethyl adjacent to an activating group) is 1. The molecular formula is C18H26ClN2O4-. The van der Waals surface area contributed by atoms with Crippen molar-refractivity contribution in [3.63, 3.8) is 0 Å². The molecule has 0 heterocycles. The van der Waals surface area contributed by atoms with Crippen molar-refractivity contribution in [2.24, 2.45) is 0 Å². The average Bonchev–Trinajstić information content (AvgIpc) is 3.09. The van der Waals surface area contributed by atoms with E-state index in [1.807, 2.05) is 0 Å². The molecule has 1 fully saturated rings. The second-order valence-electron chi connectivity index (χ2n) is 6.26. The summed E-state index contributed by atoms with van der Waals surface area (Å²) in [6.45, 7) is 7.15. The SMILES string of the molecule is CCN(CC)CCOC(=O)C1(c2ccc([N+](=O)[O-])cc2)CCCC1.[Cl-]. The molecule has 1 aromatic rings. The van der Waals surface area contributed by atoms with Crippen molar-refractivity contribution in [3.8, 4) is 0 Å². The predicted molar refractivity (Wildman–Crippen MR) is 92.0 cm³/mol. The molecule has 0 saturated heterocycles. The third-order valence-corrected chi connectivity index (χ3v) is 5.01. The zero-order valence-corrected chi connectivity index (χ0v) is 15.6. The van der Waals surface area contributed by atoms with Gasteiger partial charge in [-0.1, -0.05) is 38.8 Å². The van der Waals surface area contributed by atoms with Gasteiger partial charge in [-0.2, -0.15) is 0 Å². The van der Waals surface area contributed by atoms with Gasteiger partial charge in [0, 0.05) is 18.7 Å². The molecule has 0 atom stereocenters. The van der Waals surface area contributed by atoms with Gasteiger partial charge in [-0.15, -0.1) is 0 Å². The van der Waals surface area contributed by atoms with Crippen LogP contribution in [0.2, 0.25) is 0 Å².